The number of nitrogens with one attached hydrogen (secondary N) is 1. The summed E-state index contributed by atoms with van der Waals surface area (Å²) in [6, 6.07) is 17.8. The predicted molar refractivity (Wildman–Crippen MR) is 88.9 cm³/mol. The van der Waals surface area contributed by atoms with Crippen molar-refractivity contribution in [3.05, 3.63) is 76.0 Å². The van der Waals surface area contributed by atoms with Gasteiger partial charge in [0.05, 0.1) is 15.7 Å². The van der Waals surface area contributed by atoms with Crippen molar-refractivity contribution in [3.63, 3.8) is 0 Å². The van der Waals surface area contributed by atoms with Gasteiger partial charge in [0.15, 0.2) is 0 Å². The summed E-state index contributed by atoms with van der Waals surface area (Å²) in [6.45, 7) is 1.81. The minimum Gasteiger partial charge on any atom is -0.322 e. The Labute approximate surface area is 125 Å². The van der Waals surface area contributed by atoms with E-state index in [2.05, 4.69) is 16.0 Å². The highest BCUT2D eigenvalue weighted by Gasteiger charge is 1.95. The molecule has 4 rings (SSSR count). The Morgan fingerprint density at radius 3 is 2.67 bits per heavy atom. The maximum Gasteiger partial charge on any atom is 0.251 e. The molecule has 0 spiro atoms. The number of nitrogens with zero attached hydrogens (tertiary/aromatic N) is 1. The molecule has 1 N–H and O–H groups in total. The molecule has 21 heavy (non-hydrogen) atoms. The van der Waals surface area contributed by atoms with Gasteiger partial charge in [0.1, 0.15) is 0 Å². The zero-order valence-corrected chi connectivity index (χ0v) is 12.4. The molecule has 0 atom stereocenters. The van der Waals surface area contributed by atoms with Gasteiger partial charge in [0.2, 0.25) is 0 Å². The molecule has 0 fully saturated rings. The van der Waals surface area contributed by atoms with Crippen LogP contribution in [0.3, 0.4) is 0 Å². The number of H-pyrrole nitrogens is 1. The summed E-state index contributed by atoms with van der Waals surface area (Å²) in [7, 11) is 0. The maximum atomic E-state index is 11.2. The van der Waals surface area contributed by atoms with E-state index in [9.17, 15) is 4.79 Å². The van der Waals surface area contributed by atoms with Crippen LogP contribution in [0.25, 0.3) is 21.1 Å². The molecule has 4 aromatic rings. The molecule has 4 heteroatoms. The van der Waals surface area contributed by atoms with Gasteiger partial charge in [-0.3, -0.25) is 4.79 Å². The Morgan fingerprint density at radius 2 is 1.81 bits per heavy atom. The summed E-state index contributed by atoms with van der Waals surface area (Å²) >= 11 is 1.68. The zero-order valence-electron chi connectivity index (χ0n) is 11.5. The summed E-state index contributed by atoms with van der Waals surface area (Å²) in [4.78, 5) is 18.1. The van der Waals surface area contributed by atoms with Gasteiger partial charge in [-0.1, -0.05) is 30.3 Å². The number of aryl methyl sites for hydroxylation is 1. The number of aromatic nitrogens is 2. The van der Waals surface area contributed by atoms with E-state index in [1.807, 2.05) is 61.0 Å². The van der Waals surface area contributed by atoms with E-state index in [1.54, 1.807) is 11.3 Å². The number of aromatic amines is 1. The third-order valence-corrected chi connectivity index (χ3v) is 3.99. The highest BCUT2D eigenvalue weighted by Crippen LogP contribution is 2.15. The third-order valence-electron chi connectivity index (χ3n) is 3.18. The molecule has 2 aromatic heterocycles. The first-order valence-electron chi connectivity index (χ1n) is 6.61. The molecule has 0 unspecified atom stereocenters. The van der Waals surface area contributed by atoms with Gasteiger partial charge >= 0.3 is 0 Å². The summed E-state index contributed by atoms with van der Waals surface area (Å²) in [5.74, 6) is 0. The van der Waals surface area contributed by atoms with Crippen LogP contribution in [0.4, 0.5) is 0 Å². The molecule has 0 saturated carbocycles. The Balaban J connectivity index is 0.000000131. The summed E-state index contributed by atoms with van der Waals surface area (Å²) in [5.41, 5.74) is 4.61. The molecule has 0 saturated heterocycles. The van der Waals surface area contributed by atoms with Crippen molar-refractivity contribution in [1.82, 2.24) is 9.97 Å². The van der Waals surface area contributed by atoms with Gasteiger partial charge in [0.25, 0.3) is 5.56 Å². The molecule has 0 aliphatic rings. The van der Waals surface area contributed by atoms with Gasteiger partial charge in [-0.15, -0.1) is 11.3 Å². The number of fused-ring (bicyclic) bond motifs is 2. The molecule has 0 aliphatic carbocycles. The van der Waals surface area contributed by atoms with Crippen molar-refractivity contribution in [2.75, 3.05) is 0 Å². The fourth-order valence-corrected chi connectivity index (χ4v) is 2.74. The quantitative estimate of drug-likeness (QED) is 0.530. The second-order valence-corrected chi connectivity index (χ2v) is 5.58. The molecular formula is C17H14N2OS. The molecule has 0 bridgehead atoms. The fraction of sp³-hybridized carbons (Fsp3) is 0.0588. The number of thiazole rings is 1. The molecule has 104 valence electrons. The Morgan fingerprint density at radius 1 is 1.05 bits per heavy atom. The van der Waals surface area contributed by atoms with Crippen molar-refractivity contribution in [1.29, 1.82) is 0 Å². The summed E-state index contributed by atoms with van der Waals surface area (Å²) in [5, 5.41) is 1.08. The first kappa shape index (κ1) is 13.5. The van der Waals surface area contributed by atoms with Crippen LogP contribution in [0.2, 0.25) is 0 Å². The number of rotatable bonds is 0. The first-order valence-corrected chi connectivity index (χ1v) is 7.49. The lowest BCUT2D eigenvalue weighted by atomic mass is 10.2. The lowest BCUT2D eigenvalue weighted by Crippen LogP contribution is -2.08. The molecule has 0 radical (unpaired) electrons. The van der Waals surface area contributed by atoms with E-state index < -0.39 is 0 Å². The van der Waals surface area contributed by atoms with E-state index in [-0.39, 0.29) is 5.56 Å². The monoisotopic (exact) mass is 294 g/mol. The average Bonchev–Trinajstić information content (AvgIpc) is 2.97. The predicted octanol–water partition coefficient (Wildman–Crippen LogP) is 4.13. The van der Waals surface area contributed by atoms with Crippen molar-refractivity contribution in [2.24, 2.45) is 0 Å². The van der Waals surface area contributed by atoms with E-state index in [4.69, 9.17) is 0 Å². The van der Waals surface area contributed by atoms with E-state index in [0.717, 1.165) is 22.0 Å². The van der Waals surface area contributed by atoms with Crippen LogP contribution in [0.1, 0.15) is 5.56 Å². The summed E-state index contributed by atoms with van der Waals surface area (Å²) < 4.78 is 1.26. The number of hydrogen-bond donors (Lipinski definition) is 1. The highest BCUT2D eigenvalue weighted by molar-refractivity contribution is 7.16. The van der Waals surface area contributed by atoms with Crippen molar-refractivity contribution in [3.8, 4) is 0 Å². The molecule has 2 heterocycles. The minimum atomic E-state index is -0.00583. The fourth-order valence-electron chi connectivity index (χ4n) is 2.06. The van der Waals surface area contributed by atoms with Gasteiger partial charge in [-0.2, -0.15) is 0 Å². The van der Waals surface area contributed by atoms with Gasteiger partial charge in [-0.25, -0.2) is 4.98 Å². The van der Waals surface area contributed by atoms with Crippen molar-refractivity contribution < 1.29 is 0 Å². The molecular weight excluding hydrogens is 280 g/mol. The minimum absolute atomic E-state index is 0.00583. The first-order chi connectivity index (χ1) is 10.2. The van der Waals surface area contributed by atoms with Crippen molar-refractivity contribution >= 4 is 32.5 Å². The van der Waals surface area contributed by atoms with Crippen LogP contribution in [0.5, 0.6) is 0 Å². The van der Waals surface area contributed by atoms with Crippen LogP contribution in [0, 0.1) is 6.92 Å². The smallest absolute Gasteiger partial charge is 0.251 e. The lowest BCUT2D eigenvalue weighted by molar-refractivity contribution is 1.24. The third kappa shape index (κ3) is 3.01. The Hall–Kier alpha value is -2.46. The second-order valence-electron chi connectivity index (χ2n) is 4.69. The number of hydrogen-bond acceptors (Lipinski definition) is 3. The van der Waals surface area contributed by atoms with E-state index >= 15 is 0 Å². The van der Waals surface area contributed by atoms with Gasteiger partial charge < -0.3 is 4.98 Å². The maximum absolute atomic E-state index is 11.2. The van der Waals surface area contributed by atoms with Crippen LogP contribution >= 0.6 is 11.3 Å². The van der Waals surface area contributed by atoms with Gasteiger partial charge in [-0.05, 0) is 36.6 Å². The molecule has 2 aromatic carbocycles. The number of pyridine rings is 1. The normalized spacial score (nSPS) is 10.3. The largest absolute Gasteiger partial charge is 0.322 e. The second kappa shape index (κ2) is 5.89. The topological polar surface area (TPSA) is 45.8 Å². The molecule has 3 nitrogen and oxygen atoms in total. The standard InChI is InChI=1S/C10H9NO.C7H5NS/c1-7-6-8-4-2-3-5-9(8)11-10(7)12;1-2-4-7-6(3-1)8-5-9-7/h2-6H,1H3,(H,11,12);1-5H. The van der Waals surface area contributed by atoms with Crippen LogP contribution in [0.15, 0.2) is 64.9 Å². The molecule has 0 aliphatic heterocycles. The van der Waals surface area contributed by atoms with Gasteiger partial charge in [0, 0.05) is 11.1 Å². The Kier molecular flexibility index (Phi) is 3.79. The Bertz CT molecular complexity index is 910. The van der Waals surface area contributed by atoms with Crippen molar-refractivity contribution in [2.45, 2.75) is 6.92 Å². The van der Waals surface area contributed by atoms with Crippen LogP contribution in [-0.2, 0) is 0 Å². The van der Waals surface area contributed by atoms with E-state index in [1.165, 1.54) is 4.70 Å². The number of benzene rings is 2. The number of para-hydroxylation sites is 2. The highest BCUT2D eigenvalue weighted by atomic mass is 32.1. The molecule has 0 amide bonds. The van der Waals surface area contributed by atoms with E-state index in [0.29, 0.717) is 0 Å². The SMILES string of the molecule is Cc1cc2ccccc2[nH]c1=O.c1ccc2scnc2c1. The summed E-state index contributed by atoms with van der Waals surface area (Å²) in [6.07, 6.45) is 0. The average molecular weight is 294 g/mol. The van der Waals surface area contributed by atoms with Crippen LogP contribution in [-0.4, -0.2) is 9.97 Å². The van der Waals surface area contributed by atoms with Crippen LogP contribution < -0.4 is 5.56 Å². The lowest BCUT2D eigenvalue weighted by Gasteiger charge is -1.97. The zero-order chi connectivity index (χ0) is 14.7.